The Hall–Kier alpha value is -4.35. The fourth-order valence-corrected chi connectivity index (χ4v) is 3.02. The van der Waals surface area contributed by atoms with Crippen LogP contribution in [0.4, 0.5) is 8.78 Å². The molecule has 4 aromatic rings. The van der Waals surface area contributed by atoms with Gasteiger partial charge in [0.15, 0.2) is 18.1 Å². The molecule has 0 atom stereocenters. The predicted molar refractivity (Wildman–Crippen MR) is 116 cm³/mol. The third-order valence-electron chi connectivity index (χ3n) is 4.77. The number of aryl methyl sites for hydroxylation is 2. The van der Waals surface area contributed by atoms with Crippen LogP contribution in [0.5, 0.6) is 11.5 Å². The van der Waals surface area contributed by atoms with Crippen molar-refractivity contribution in [1.82, 2.24) is 20.3 Å². The zero-order valence-corrected chi connectivity index (χ0v) is 18.7. The first-order chi connectivity index (χ1) is 16.9. The number of carbonyl (C=O) groups excluding carboxylic acids is 1. The van der Waals surface area contributed by atoms with Gasteiger partial charge in [-0.1, -0.05) is 22.9 Å². The first-order valence-electron chi connectivity index (χ1n) is 10.4. The van der Waals surface area contributed by atoms with Crippen molar-refractivity contribution in [2.45, 2.75) is 33.0 Å². The molecule has 0 amide bonds. The molecule has 0 aliphatic rings. The molecule has 4 rings (SSSR count). The second-order valence-corrected chi connectivity index (χ2v) is 7.28. The lowest BCUT2D eigenvalue weighted by Gasteiger charge is -2.10. The number of alkyl halides is 2. The molecule has 0 spiro atoms. The molecule has 0 saturated carbocycles. The van der Waals surface area contributed by atoms with Crippen molar-refractivity contribution in [1.29, 1.82) is 0 Å². The Morgan fingerprint density at radius 3 is 2.54 bits per heavy atom. The van der Waals surface area contributed by atoms with Crippen molar-refractivity contribution in [3.63, 3.8) is 0 Å². The molecule has 0 bridgehead atoms. The molecule has 12 heteroatoms. The van der Waals surface area contributed by atoms with Gasteiger partial charge in [-0.3, -0.25) is 4.79 Å². The predicted octanol–water partition coefficient (Wildman–Crippen LogP) is 4.38. The Morgan fingerprint density at radius 2 is 1.80 bits per heavy atom. The molecule has 0 radical (unpaired) electrons. The van der Waals surface area contributed by atoms with Crippen LogP contribution in [-0.4, -0.2) is 40.0 Å². The number of hydrogen-bond donors (Lipinski definition) is 0. The minimum Gasteiger partial charge on any atom is -0.493 e. The van der Waals surface area contributed by atoms with E-state index in [2.05, 4.69) is 25.1 Å². The molecule has 10 nitrogen and oxygen atoms in total. The van der Waals surface area contributed by atoms with Gasteiger partial charge < -0.3 is 23.2 Å². The van der Waals surface area contributed by atoms with Crippen LogP contribution < -0.4 is 9.47 Å². The SMILES string of the molecule is COc1cc(-c2noc(COC(=O)CCc3nnc(-c4ccc(C)cc4)o3)n2)ccc1OC(F)F. The lowest BCUT2D eigenvalue weighted by Crippen LogP contribution is -2.06. The zero-order valence-electron chi connectivity index (χ0n) is 18.7. The van der Waals surface area contributed by atoms with Crippen LogP contribution in [0.3, 0.4) is 0 Å². The third-order valence-corrected chi connectivity index (χ3v) is 4.77. The van der Waals surface area contributed by atoms with Gasteiger partial charge in [-0.15, -0.1) is 10.2 Å². The van der Waals surface area contributed by atoms with Crippen LogP contribution in [-0.2, 0) is 22.6 Å². The summed E-state index contributed by atoms with van der Waals surface area (Å²) in [6.45, 7) is -1.25. The zero-order chi connectivity index (χ0) is 24.8. The minimum atomic E-state index is -2.99. The van der Waals surface area contributed by atoms with E-state index in [-0.39, 0.29) is 42.7 Å². The standard InChI is InChI=1S/C23H20F2N4O6/c1-13-3-5-14(6-4-13)22-28-27-18(34-22)9-10-20(30)32-12-19-26-21(29-35-19)15-7-8-16(33-23(24)25)17(11-15)31-2/h3-8,11,23H,9-10,12H2,1-2H3. The molecule has 2 aromatic carbocycles. The Balaban J connectivity index is 1.29. The van der Waals surface area contributed by atoms with Crippen LogP contribution in [0, 0.1) is 6.92 Å². The molecule has 0 aliphatic carbocycles. The summed E-state index contributed by atoms with van der Waals surface area (Å²) < 4.78 is 50.2. The monoisotopic (exact) mass is 486 g/mol. The summed E-state index contributed by atoms with van der Waals surface area (Å²) in [5.74, 6) is 0.327. The Kier molecular flexibility index (Phi) is 7.29. The normalized spacial score (nSPS) is 11.0. The first-order valence-corrected chi connectivity index (χ1v) is 10.4. The number of benzene rings is 2. The summed E-state index contributed by atoms with van der Waals surface area (Å²) in [5, 5.41) is 11.8. The van der Waals surface area contributed by atoms with Crippen LogP contribution >= 0.6 is 0 Å². The number of rotatable bonds is 10. The molecule has 35 heavy (non-hydrogen) atoms. The van der Waals surface area contributed by atoms with Crippen LogP contribution in [0.2, 0.25) is 0 Å². The van der Waals surface area contributed by atoms with Gasteiger partial charge in [-0.05, 0) is 37.3 Å². The maximum absolute atomic E-state index is 12.5. The number of ether oxygens (including phenoxy) is 3. The van der Waals surface area contributed by atoms with Gasteiger partial charge in [-0.2, -0.15) is 13.8 Å². The fraction of sp³-hybridized carbons (Fsp3) is 0.261. The van der Waals surface area contributed by atoms with E-state index in [0.717, 1.165) is 11.1 Å². The van der Waals surface area contributed by atoms with E-state index in [1.54, 1.807) is 0 Å². The molecule has 0 unspecified atom stereocenters. The highest BCUT2D eigenvalue weighted by molar-refractivity contribution is 5.69. The molecule has 0 saturated heterocycles. The molecule has 0 fully saturated rings. The maximum atomic E-state index is 12.5. The summed E-state index contributed by atoms with van der Waals surface area (Å²) in [6.07, 6.45) is 0.221. The largest absolute Gasteiger partial charge is 0.493 e. The van der Waals surface area contributed by atoms with Gasteiger partial charge in [0.25, 0.3) is 5.89 Å². The summed E-state index contributed by atoms with van der Waals surface area (Å²) in [5.41, 5.74) is 2.34. The van der Waals surface area contributed by atoms with Gasteiger partial charge in [-0.25, -0.2) is 0 Å². The lowest BCUT2D eigenvalue weighted by atomic mass is 10.1. The number of hydrogen-bond acceptors (Lipinski definition) is 10. The van der Waals surface area contributed by atoms with E-state index in [1.165, 1.54) is 25.3 Å². The van der Waals surface area contributed by atoms with Gasteiger partial charge in [0, 0.05) is 17.5 Å². The smallest absolute Gasteiger partial charge is 0.387 e. The highest BCUT2D eigenvalue weighted by Gasteiger charge is 2.16. The fourth-order valence-electron chi connectivity index (χ4n) is 3.02. The van der Waals surface area contributed by atoms with E-state index in [4.69, 9.17) is 18.4 Å². The Morgan fingerprint density at radius 1 is 1.03 bits per heavy atom. The second kappa shape index (κ2) is 10.7. The summed E-state index contributed by atoms with van der Waals surface area (Å²) in [7, 11) is 1.32. The van der Waals surface area contributed by atoms with Crippen LogP contribution in [0.1, 0.15) is 23.8 Å². The Bertz CT molecular complexity index is 1290. The van der Waals surface area contributed by atoms with Crippen LogP contribution in [0.15, 0.2) is 51.4 Å². The number of halogens is 2. The topological polar surface area (TPSA) is 123 Å². The quantitative estimate of drug-likeness (QED) is 0.298. The summed E-state index contributed by atoms with van der Waals surface area (Å²) in [6, 6.07) is 11.8. The van der Waals surface area contributed by atoms with Crippen molar-refractivity contribution in [3.8, 4) is 34.3 Å². The first kappa shape index (κ1) is 23.8. The van der Waals surface area contributed by atoms with E-state index < -0.39 is 12.6 Å². The van der Waals surface area contributed by atoms with E-state index >= 15 is 0 Å². The van der Waals surface area contributed by atoms with Gasteiger partial charge in [0.2, 0.25) is 17.6 Å². The van der Waals surface area contributed by atoms with E-state index in [9.17, 15) is 13.6 Å². The van der Waals surface area contributed by atoms with Gasteiger partial charge in [0.05, 0.1) is 13.5 Å². The number of methoxy groups -OCH3 is 1. The Labute approximate surface area is 197 Å². The van der Waals surface area contributed by atoms with Crippen molar-refractivity contribution in [3.05, 3.63) is 59.8 Å². The summed E-state index contributed by atoms with van der Waals surface area (Å²) in [4.78, 5) is 16.2. The maximum Gasteiger partial charge on any atom is 0.387 e. The molecule has 182 valence electrons. The molecule has 0 aliphatic heterocycles. The average molecular weight is 486 g/mol. The van der Waals surface area contributed by atoms with Gasteiger partial charge in [0.1, 0.15) is 0 Å². The molecular weight excluding hydrogens is 466 g/mol. The number of carbonyl (C=O) groups is 1. The number of nitrogens with zero attached hydrogens (tertiary/aromatic N) is 4. The molecular formula is C23H20F2N4O6. The lowest BCUT2D eigenvalue weighted by molar-refractivity contribution is -0.145. The van der Waals surface area contributed by atoms with E-state index in [1.807, 2.05) is 31.2 Å². The third kappa shape index (κ3) is 6.16. The van der Waals surface area contributed by atoms with Crippen molar-refractivity contribution in [2.75, 3.05) is 7.11 Å². The molecule has 2 heterocycles. The second-order valence-electron chi connectivity index (χ2n) is 7.28. The van der Waals surface area contributed by atoms with Crippen molar-refractivity contribution < 1.29 is 36.7 Å². The highest BCUT2D eigenvalue weighted by atomic mass is 19.3. The molecule has 0 N–H and O–H groups in total. The van der Waals surface area contributed by atoms with E-state index in [0.29, 0.717) is 17.3 Å². The van der Waals surface area contributed by atoms with Crippen molar-refractivity contribution in [2.24, 2.45) is 0 Å². The summed E-state index contributed by atoms with van der Waals surface area (Å²) >= 11 is 0. The minimum absolute atomic E-state index is 0.0132. The molecule has 2 aromatic heterocycles. The van der Waals surface area contributed by atoms with Crippen molar-refractivity contribution >= 4 is 5.97 Å². The number of aromatic nitrogens is 4. The average Bonchev–Trinajstić information content (AvgIpc) is 3.52. The highest BCUT2D eigenvalue weighted by Crippen LogP contribution is 2.32. The van der Waals surface area contributed by atoms with Crippen LogP contribution in [0.25, 0.3) is 22.8 Å². The van der Waals surface area contributed by atoms with Gasteiger partial charge >= 0.3 is 12.6 Å². The number of esters is 1.